The molecule has 0 aliphatic carbocycles. The molecule has 0 spiro atoms. The lowest BCUT2D eigenvalue weighted by Crippen LogP contribution is -2.07. The molecule has 0 radical (unpaired) electrons. The SMILES string of the molecule is O=C(O)CCCCO/N=C(/c1cccnc1)c1ccc([N+](=O)[O-])c(CO)c1. The maximum absolute atomic E-state index is 11.0. The number of nitro benzene ring substituents is 1. The number of hydrogen-bond donors (Lipinski definition) is 2. The number of aliphatic hydroxyl groups excluding tert-OH is 1. The van der Waals surface area contributed by atoms with Crippen LogP contribution in [-0.4, -0.2) is 38.4 Å². The summed E-state index contributed by atoms with van der Waals surface area (Å²) in [4.78, 5) is 30.3. The highest BCUT2D eigenvalue weighted by atomic mass is 16.6. The molecule has 0 fully saturated rings. The fraction of sp³-hybridized carbons (Fsp3) is 0.278. The summed E-state index contributed by atoms with van der Waals surface area (Å²) in [6.07, 6.45) is 4.23. The third-order valence-corrected chi connectivity index (χ3v) is 3.69. The summed E-state index contributed by atoms with van der Waals surface area (Å²) < 4.78 is 0. The molecule has 0 bridgehead atoms. The van der Waals surface area contributed by atoms with Crippen molar-refractivity contribution < 1.29 is 24.8 Å². The Balaban J connectivity index is 2.24. The van der Waals surface area contributed by atoms with E-state index in [1.807, 2.05) is 0 Å². The summed E-state index contributed by atoms with van der Waals surface area (Å²) in [5, 5.41) is 33.2. The van der Waals surface area contributed by atoms with E-state index in [1.54, 1.807) is 24.5 Å². The third-order valence-electron chi connectivity index (χ3n) is 3.69. The van der Waals surface area contributed by atoms with Crippen LogP contribution in [-0.2, 0) is 16.2 Å². The van der Waals surface area contributed by atoms with Crippen molar-refractivity contribution in [3.8, 4) is 0 Å². The van der Waals surface area contributed by atoms with Gasteiger partial charge in [-0.3, -0.25) is 19.9 Å². The molecule has 0 aliphatic rings. The number of aromatic nitrogens is 1. The molecule has 27 heavy (non-hydrogen) atoms. The van der Waals surface area contributed by atoms with Crippen molar-refractivity contribution in [1.82, 2.24) is 4.98 Å². The van der Waals surface area contributed by atoms with Gasteiger partial charge in [-0.15, -0.1) is 0 Å². The second-order valence-corrected chi connectivity index (χ2v) is 5.62. The first-order valence-corrected chi connectivity index (χ1v) is 8.23. The number of carboxylic acids is 1. The molecule has 0 aliphatic heterocycles. The Labute approximate surface area is 155 Å². The smallest absolute Gasteiger partial charge is 0.303 e. The van der Waals surface area contributed by atoms with Crippen LogP contribution in [0.1, 0.15) is 36.0 Å². The van der Waals surface area contributed by atoms with E-state index in [0.717, 1.165) is 0 Å². The van der Waals surface area contributed by atoms with Crippen molar-refractivity contribution in [2.45, 2.75) is 25.9 Å². The van der Waals surface area contributed by atoms with Gasteiger partial charge in [-0.1, -0.05) is 5.16 Å². The topological polar surface area (TPSA) is 135 Å². The zero-order valence-electron chi connectivity index (χ0n) is 14.4. The number of unbranched alkanes of at least 4 members (excludes halogenated alkanes) is 1. The minimum absolute atomic E-state index is 0.0603. The number of nitrogens with zero attached hydrogens (tertiary/aromatic N) is 3. The number of oxime groups is 1. The molecule has 2 rings (SSSR count). The largest absolute Gasteiger partial charge is 0.481 e. The molecule has 1 aromatic carbocycles. The van der Waals surface area contributed by atoms with Crippen molar-refractivity contribution in [1.29, 1.82) is 0 Å². The summed E-state index contributed by atoms with van der Waals surface area (Å²) in [5.41, 5.74) is 1.56. The molecule has 2 aromatic rings. The van der Waals surface area contributed by atoms with Crippen LogP contribution < -0.4 is 0 Å². The van der Waals surface area contributed by atoms with E-state index < -0.39 is 17.5 Å². The van der Waals surface area contributed by atoms with E-state index in [9.17, 15) is 20.0 Å². The third kappa shape index (κ3) is 5.86. The lowest BCUT2D eigenvalue weighted by Gasteiger charge is -2.09. The number of pyridine rings is 1. The molecule has 1 heterocycles. The van der Waals surface area contributed by atoms with Crippen molar-refractivity contribution in [3.63, 3.8) is 0 Å². The number of rotatable bonds is 10. The summed E-state index contributed by atoms with van der Waals surface area (Å²) in [6, 6.07) is 7.80. The number of aliphatic carboxylic acids is 1. The standard InChI is InChI=1S/C18H19N3O6/c22-12-15-10-13(6-7-16(15)21(25)26)18(14-4-3-8-19-11-14)20-27-9-2-1-5-17(23)24/h3-4,6-8,10-11,22H,1-2,5,9,12H2,(H,23,24)/b20-18+. The minimum atomic E-state index is -0.864. The highest BCUT2D eigenvalue weighted by molar-refractivity contribution is 6.12. The molecule has 0 saturated carbocycles. The second kappa shape index (κ2) is 9.97. The van der Waals surface area contributed by atoms with Crippen molar-refractivity contribution >= 4 is 17.4 Å². The van der Waals surface area contributed by atoms with Crippen molar-refractivity contribution in [2.24, 2.45) is 5.16 Å². The normalized spacial score (nSPS) is 11.2. The Morgan fingerprint density at radius 3 is 2.70 bits per heavy atom. The molecule has 9 nitrogen and oxygen atoms in total. The van der Waals surface area contributed by atoms with Gasteiger partial charge >= 0.3 is 5.97 Å². The average Bonchev–Trinajstić information content (AvgIpc) is 2.67. The maximum Gasteiger partial charge on any atom is 0.303 e. The van der Waals surface area contributed by atoms with Gasteiger partial charge in [-0.05, 0) is 37.1 Å². The van der Waals surface area contributed by atoms with Crippen LogP contribution in [0.15, 0.2) is 47.9 Å². The molecule has 2 N–H and O–H groups in total. The van der Waals surface area contributed by atoms with E-state index in [1.165, 1.54) is 18.2 Å². The molecule has 0 amide bonds. The number of aliphatic hydroxyl groups is 1. The van der Waals surface area contributed by atoms with Crippen LogP contribution in [0.4, 0.5) is 5.69 Å². The second-order valence-electron chi connectivity index (χ2n) is 5.62. The zero-order valence-corrected chi connectivity index (χ0v) is 14.4. The first-order valence-electron chi connectivity index (χ1n) is 8.23. The van der Waals surface area contributed by atoms with Crippen LogP contribution >= 0.6 is 0 Å². The van der Waals surface area contributed by atoms with Crippen LogP contribution in [0.25, 0.3) is 0 Å². The molecule has 142 valence electrons. The number of carbonyl (C=O) groups is 1. The molecule has 9 heteroatoms. The van der Waals surface area contributed by atoms with Crippen molar-refractivity contribution in [3.05, 3.63) is 69.5 Å². The molecule has 0 atom stereocenters. The lowest BCUT2D eigenvalue weighted by molar-refractivity contribution is -0.385. The van der Waals surface area contributed by atoms with Gasteiger partial charge in [0.05, 0.1) is 17.1 Å². The van der Waals surface area contributed by atoms with Crippen LogP contribution in [0, 0.1) is 10.1 Å². The van der Waals surface area contributed by atoms with Crippen LogP contribution in [0.5, 0.6) is 0 Å². The molecule has 0 saturated heterocycles. The monoisotopic (exact) mass is 373 g/mol. The van der Waals surface area contributed by atoms with E-state index >= 15 is 0 Å². The number of hydrogen-bond acceptors (Lipinski definition) is 7. The van der Waals surface area contributed by atoms with Gasteiger partial charge < -0.3 is 15.1 Å². The van der Waals surface area contributed by atoms with Gasteiger partial charge in [0.15, 0.2) is 0 Å². The first kappa shape index (κ1) is 20.0. The quantitative estimate of drug-likeness (QED) is 0.283. The van der Waals surface area contributed by atoms with Crippen molar-refractivity contribution in [2.75, 3.05) is 6.61 Å². The summed E-state index contributed by atoms with van der Waals surface area (Å²) in [7, 11) is 0. The highest BCUT2D eigenvalue weighted by Crippen LogP contribution is 2.22. The summed E-state index contributed by atoms with van der Waals surface area (Å²) in [6.45, 7) is -0.253. The van der Waals surface area contributed by atoms with Gasteiger partial charge in [-0.2, -0.15) is 0 Å². The Morgan fingerprint density at radius 2 is 2.07 bits per heavy atom. The first-order chi connectivity index (χ1) is 13.0. The predicted molar refractivity (Wildman–Crippen MR) is 96.3 cm³/mol. The Hall–Kier alpha value is -3.33. The van der Waals surface area contributed by atoms with Gasteiger partial charge in [-0.25, -0.2) is 0 Å². The number of nitro groups is 1. The Bertz CT molecular complexity index is 823. The molecule has 0 unspecified atom stereocenters. The minimum Gasteiger partial charge on any atom is -0.481 e. The van der Waals surface area contributed by atoms with E-state index in [2.05, 4.69) is 10.1 Å². The van der Waals surface area contributed by atoms with Gasteiger partial charge in [0.25, 0.3) is 5.69 Å². The van der Waals surface area contributed by atoms with Gasteiger partial charge in [0.2, 0.25) is 0 Å². The van der Waals surface area contributed by atoms with Crippen LogP contribution in [0.3, 0.4) is 0 Å². The Morgan fingerprint density at radius 1 is 1.26 bits per heavy atom. The fourth-order valence-corrected chi connectivity index (χ4v) is 2.37. The molecular weight excluding hydrogens is 354 g/mol. The fourth-order valence-electron chi connectivity index (χ4n) is 2.37. The van der Waals surface area contributed by atoms with Gasteiger partial charge in [0.1, 0.15) is 12.3 Å². The molecular formula is C18H19N3O6. The highest BCUT2D eigenvalue weighted by Gasteiger charge is 2.17. The number of benzene rings is 1. The van der Waals surface area contributed by atoms with E-state index in [4.69, 9.17) is 9.94 Å². The maximum atomic E-state index is 11.0. The molecule has 1 aromatic heterocycles. The Kier molecular flexibility index (Phi) is 7.38. The van der Waals surface area contributed by atoms with E-state index in [-0.39, 0.29) is 24.3 Å². The van der Waals surface area contributed by atoms with Gasteiger partial charge in [0, 0.05) is 36.0 Å². The zero-order chi connectivity index (χ0) is 19.6. The average molecular weight is 373 g/mol. The predicted octanol–water partition coefficient (Wildman–Crippen LogP) is 2.51. The van der Waals surface area contributed by atoms with E-state index in [0.29, 0.717) is 29.7 Å². The summed E-state index contributed by atoms with van der Waals surface area (Å²) >= 11 is 0. The number of carboxylic acid groups (broad SMARTS) is 1. The van der Waals surface area contributed by atoms with Crippen LogP contribution in [0.2, 0.25) is 0 Å². The lowest BCUT2D eigenvalue weighted by atomic mass is 10.0. The summed E-state index contributed by atoms with van der Waals surface area (Å²) in [5.74, 6) is -0.864.